The maximum atomic E-state index is 12.0. The lowest BCUT2D eigenvalue weighted by atomic mass is 10.1. The van der Waals surface area contributed by atoms with Gasteiger partial charge >= 0.3 is 11.9 Å². The van der Waals surface area contributed by atoms with Crippen molar-refractivity contribution in [2.24, 2.45) is 0 Å². The van der Waals surface area contributed by atoms with E-state index in [-0.39, 0.29) is 19.0 Å². The van der Waals surface area contributed by atoms with Gasteiger partial charge in [0.1, 0.15) is 0 Å². The lowest BCUT2D eigenvalue weighted by Crippen LogP contribution is -2.28. The van der Waals surface area contributed by atoms with Crippen LogP contribution >= 0.6 is 0 Å². The summed E-state index contributed by atoms with van der Waals surface area (Å²) in [5.74, 6) is -2.44. The molecule has 0 radical (unpaired) electrons. The normalized spacial score (nSPS) is 10.3. The highest BCUT2D eigenvalue weighted by atomic mass is 16.6. The first-order valence-electron chi connectivity index (χ1n) is 6.85. The van der Waals surface area contributed by atoms with Crippen molar-refractivity contribution in [3.8, 4) is 5.88 Å². The van der Waals surface area contributed by atoms with Crippen molar-refractivity contribution in [2.45, 2.75) is 33.6 Å². The van der Waals surface area contributed by atoms with Gasteiger partial charge in [-0.15, -0.1) is 0 Å². The fourth-order valence-corrected chi connectivity index (χ4v) is 1.67. The van der Waals surface area contributed by atoms with Gasteiger partial charge in [0.15, 0.2) is 5.82 Å². The van der Waals surface area contributed by atoms with Crippen LogP contribution in [0.15, 0.2) is 6.07 Å². The van der Waals surface area contributed by atoms with E-state index in [2.05, 4.69) is 9.97 Å². The van der Waals surface area contributed by atoms with E-state index in [9.17, 15) is 9.59 Å². The summed E-state index contributed by atoms with van der Waals surface area (Å²) in [7, 11) is 0. The molecule has 116 valence electrons. The Morgan fingerprint density at radius 1 is 1.05 bits per heavy atom. The molecular formula is C14H20N2O5. The van der Waals surface area contributed by atoms with Crippen molar-refractivity contribution in [1.29, 1.82) is 0 Å². The monoisotopic (exact) mass is 296 g/mol. The smallest absolute Gasteiger partial charge is 0.328 e. The number of ether oxygens (including phenoxy) is 3. The van der Waals surface area contributed by atoms with Gasteiger partial charge in [-0.2, -0.15) is 4.98 Å². The van der Waals surface area contributed by atoms with Crippen molar-refractivity contribution in [1.82, 2.24) is 9.97 Å². The van der Waals surface area contributed by atoms with Crippen molar-refractivity contribution in [3.63, 3.8) is 0 Å². The number of carbonyl (C=O) groups excluding carboxylic acids is 2. The summed E-state index contributed by atoms with van der Waals surface area (Å²) in [6.07, 6.45) is 0. The fraction of sp³-hybridized carbons (Fsp3) is 0.571. The Morgan fingerprint density at radius 3 is 2.10 bits per heavy atom. The van der Waals surface area contributed by atoms with Gasteiger partial charge in [0.05, 0.1) is 19.8 Å². The van der Waals surface area contributed by atoms with Crippen LogP contribution in [-0.4, -0.2) is 41.7 Å². The molecule has 0 aliphatic heterocycles. The number of aryl methyl sites for hydroxylation is 1. The number of rotatable bonds is 7. The third-order valence-corrected chi connectivity index (χ3v) is 2.44. The highest BCUT2D eigenvalue weighted by Crippen LogP contribution is 2.19. The minimum atomic E-state index is -1.30. The van der Waals surface area contributed by atoms with Crippen LogP contribution in [0.2, 0.25) is 0 Å². The number of hydrogen-bond acceptors (Lipinski definition) is 7. The molecule has 0 aromatic carbocycles. The van der Waals surface area contributed by atoms with Crippen LogP contribution in [0.25, 0.3) is 0 Å². The molecule has 0 aliphatic rings. The number of carbonyl (C=O) groups is 2. The second kappa shape index (κ2) is 8.18. The van der Waals surface area contributed by atoms with Gasteiger partial charge in [-0.1, -0.05) is 0 Å². The lowest BCUT2D eigenvalue weighted by Gasteiger charge is -2.14. The third kappa shape index (κ3) is 4.70. The topological polar surface area (TPSA) is 87.6 Å². The van der Waals surface area contributed by atoms with Gasteiger partial charge in [0.2, 0.25) is 11.8 Å². The number of aromatic nitrogens is 2. The number of hydrogen-bond donors (Lipinski definition) is 0. The van der Waals surface area contributed by atoms with E-state index in [1.54, 1.807) is 26.8 Å². The molecule has 0 saturated carbocycles. The minimum Gasteiger partial charge on any atom is -0.478 e. The summed E-state index contributed by atoms with van der Waals surface area (Å²) in [6, 6.07) is 1.63. The summed E-state index contributed by atoms with van der Waals surface area (Å²) < 4.78 is 15.1. The summed E-state index contributed by atoms with van der Waals surface area (Å²) in [4.78, 5) is 32.2. The summed E-state index contributed by atoms with van der Waals surface area (Å²) in [5.41, 5.74) is 0.585. The first-order valence-corrected chi connectivity index (χ1v) is 6.85. The second-order valence-electron chi connectivity index (χ2n) is 4.08. The van der Waals surface area contributed by atoms with E-state index in [4.69, 9.17) is 14.2 Å². The largest absolute Gasteiger partial charge is 0.478 e. The van der Waals surface area contributed by atoms with Gasteiger partial charge in [-0.3, -0.25) is 9.59 Å². The number of nitrogens with zero attached hydrogens (tertiary/aromatic N) is 2. The van der Waals surface area contributed by atoms with Crippen LogP contribution in [0.3, 0.4) is 0 Å². The minimum absolute atomic E-state index is 0.0235. The molecule has 7 nitrogen and oxygen atoms in total. The molecule has 0 bridgehead atoms. The molecule has 1 aromatic heterocycles. The lowest BCUT2D eigenvalue weighted by molar-refractivity contribution is -0.157. The molecule has 0 amide bonds. The molecule has 0 saturated heterocycles. The molecule has 21 heavy (non-hydrogen) atoms. The Balaban J connectivity index is 3.18. The highest BCUT2D eigenvalue weighted by Gasteiger charge is 2.34. The van der Waals surface area contributed by atoms with Crippen molar-refractivity contribution < 1.29 is 23.8 Å². The molecule has 0 N–H and O–H groups in total. The van der Waals surface area contributed by atoms with E-state index in [1.807, 2.05) is 6.92 Å². The van der Waals surface area contributed by atoms with Crippen LogP contribution in [-0.2, 0) is 19.1 Å². The van der Waals surface area contributed by atoms with Gasteiger partial charge in [-0.25, -0.2) is 4.98 Å². The maximum Gasteiger partial charge on any atom is 0.328 e. The molecule has 0 spiro atoms. The average Bonchev–Trinajstić information content (AvgIpc) is 2.39. The van der Waals surface area contributed by atoms with Crippen LogP contribution in [0.4, 0.5) is 0 Å². The summed E-state index contributed by atoms with van der Waals surface area (Å²) in [6.45, 7) is 7.56. The highest BCUT2D eigenvalue weighted by molar-refractivity contribution is 6.00. The second-order valence-corrected chi connectivity index (χ2v) is 4.08. The molecule has 0 fully saturated rings. The van der Waals surface area contributed by atoms with Gasteiger partial charge in [0, 0.05) is 11.8 Å². The maximum absolute atomic E-state index is 12.0. The van der Waals surface area contributed by atoms with Crippen LogP contribution in [0.5, 0.6) is 5.88 Å². The predicted octanol–water partition coefficient (Wildman–Crippen LogP) is 1.39. The molecule has 0 atom stereocenters. The van der Waals surface area contributed by atoms with E-state index in [0.29, 0.717) is 18.2 Å². The average molecular weight is 296 g/mol. The van der Waals surface area contributed by atoms with Crippen LogP contribution in [0, 0.1) is 6.92 Å². The van der Waals surface area contributed by atoms with Crippen LogP contribution in [0.1, 0.15) is 38.2 Å². The Hall–Kier alpha value is -2.18. The molecule has 1 aromatic rings. The third-order valence-electron chi connectivity index (χ3n) is 2.44. The van der Waals surface area contributed by atoms with Crippen molar-refractivity contribution in [2.75, 3.05) is 19.8 Å². The fourth-order valence-electron chi connectivity index (χ4n) is 1.67. The standard InChI is InChI=1S/C14H20N2O5/c1-5-19-10-8-9(4)15-12(16-10)11(13(17)20-6-2)14(18)21-7-3/h8,11H,5-7H2,1-4H3. The van der Waals surface area contributed by atoms with Gasteiger partial charge in [0.25, 0.3) is 0 Å². The molecule has 1 rings (SSSR count). The molecule has 7 heteroatoms. The quantitative estimate of drug-likeness (QED) is 0.555. The van der Waals surface area contributed by atoms with E-state index in [0.717, 1.165) is 0 Å². The Labute approximate surface area is 123 Å². The first kappa shape index (κ1) is 16.9. The number of esters is 2. The van der Waals surface area contributed by atoms with E-state index < -0.39 is 17.9 Å². The first-order chi connectivity index (χ1) is 10.0. The molecule has 0 unspecified atom stereocenters. The van der Waals surface area contributed by atoms with E-state index in [1.165, 1.54) is 0 Å². The Kier molecular flexibility index (Phi) is 6.58. The van der Waals surface area contributed by atoms with Gasteiger partial charge in [-0.05, 0) is 27.7 Å². The van der Waals surface area contributed by atoms with Gasteiger partial charge < -0.3 is 14.2 Å². The zero-order valence-corrected chi connectivity index (χ0v) is 12.7. The zero-order valence-electron chi connectivity index (χ0n) is 12.7. The van der Waals surface area contributed by atoms with Crippen molar-refractivity contribution >= 4 is 11.9 Å². The SMILES string of the molecule is CCOC(=O)C(C(=O)OCC)c1nc(C)cc(OCC)n1. The molecule has 1 heterocycles. The van der Waals surface area contributed by atoms with Crippen LogP contribution < -0.4 is 4.74 Å². The summed E-state index contributed by atoms with van der Waals surface area (Å²) >= 11 is 0. The summed E-state index contributed by atoms with van der Waals surface area (Å²) in [5, 5.41) is 0. The Morgan fingerprint density at radius 2 is 1.62 bits per heavy atom. The zero-order chi connectivity index (χ0) is 15.8. The van der Waals surface area contributed by atoms with E-state index >= 15 is 0 Å². The molecule has 0 aliphatic carbocycles. The van der Waals surface area contributed by atoms with Crippen molar-refractivity contribution in [3.05, 3.63) is 17.6 Å². The predicted molar refractivity (Wildman–Crippen MR) is 73.9 cm³/mol. The molecular weight excluding hydrogens is 276 g/mol. The Bertz CT molecular complexity index is 486.